The predicted molar refractivity (Wildman–Crippen MR) is 74.0 cm³/mol. The molecule has 0 aliphatic rings. The first-order valence-electron chi connectivity index (χ1n) is 5.79. The molecule has 18 heavy (non-hydrogen) atoms. The Labute approximate surface area is 114 Å². The third-order valence-electron chi connectivity index (χ3n) is 2.59. The molecular weight excluding hydrogens is 297 g/mol. The van der Waals surface area contributed by atoms with Crippen molar-refractivity contribution in [3.05, 3.63) is 46.4 Å². The van der Waals surface area contributed by atoms with Crippen LogP contribution in [0.1, 0.15) is 25.6 Å². The first-order chi connectivity index (χ1) is 8.56. The van der Waals surface area contributed by atoms with Crippen LogP contribution in [-0.4, -0.2) is 9.78 Å². The van der Waals surface area contributed by atoms with Crippen LogP contribution < -0.4 is 5.32 Å². The Balaban J connectivity index is 2.00. The van der Waals surface area contributed by atoms with Crippen LogP contribution >= 0.6 is 15.9 Å². The molecule has 2 rings (SSSR count). The van der Waals surface area contributed by atoms with Gasteiger partial charge in [0.05, 0.1) is 16.7 Å². The van der Waals surface area contributed by atoms with Crippen molar-refractivity contribution in [1.82, 2.24) is 9.78 Å². The standard InChI is InChI=1S/C13H15BrFN3/c1-9(2)18-6-5-11(17-18)8-16-10-3-4-13(15)12(14)7-10/h3-7,9,16H,8H2,1-2H3. The van der Waals surface area contributed by atoms with E-state index in [1.807, 2.05) is 16.9 Å². The van der Waals surface area contributed by atoms with Gasteiger partial charge in [-0.15, -0.1) is 0 Å². The number of nitrogens with zero attached hydrogens (tertiary/aromatic N) is 2. The van der Waals surface area contributed by atoms with E-state index in [0.717, 1.165) is 11.4 Å². The molecule has 0 atom stereocenters. The molecule has 1 N–H and O–H groups in total. The molecule has 1 aromatic carbocycles. The highest BCUT2D eigenvalue weighted by Gasteiger charge is 2.03. The van der Waals surface area contributed by atoms with Gasteiger partial charge in [-0.1, -0.05) is 0 Å². The minimum Gasteiger partial charge on any atom is -0.379 e. The molecule has 2 aromatic rings. The van der Waals surface area contributed by atoms with Gasteiger partial charge in [0, 0.05) is 17.9 Å². The van der Waals surface area contributed by atoms with Crippen molar-refractivity contribution in [3.63, 3.8) is 0 Å². The molecule has 1 heterocycles. The number of halogens is 2. The lowest BCUT2D eigenvalue weighted by atomic mass is 10.3. The second-order valence-electron chi connectivity index (χ2n) is 4.36. The second kappa shape index (κ2) is 5.52. The molecule has 5 heteroatoms. The van der Waals surface area contributed by atoms with Crippen molar-refractivity contribution in [2.24, 2.45) is 0 Å². The van der Waals surface area contributed by atoms with Crippen LogP contribution in [0.5, 0.6) is 0 Å². The van der Waals surface area contributed by atoms with Crippen molar-refractivity contribution in [2.75, 3.05) is 5.32 Å². The van der Waals surface area contributed by atoms with Crippen LogP contribution in [0.15, 0.2) is 34.9 Å². The molecule has 0 radical (unpaired) electrons. The Morgan fingerprint density at radius 3 is 2.78 bits per heavy atom. The van der Waals surface area contributed by atoms with E-state index >= 15 is 0 Å². The zero-order valence-electron chi connectivity index (χ0n) is 10.3. The first-order valence-corrected chi connectivity index (χ1v) is 6.58. The van der Waals surface area contributed by atoms with Crippen LogP contribution in [0.4, 0.5) is 10.1 Å². The zero-order chi connectivity index (χ0) is 13.1. The molecule has 1 aromatic heterocycles. The number of anilines is 1. The number of hydrogen-bond acceptors (Lipinski definition) is 2. The average molecular weight is 312 g/mol. The number of benzene rings is 1. The molecule has 0 saturated carbocycles. The summed E-state index contributed by atoms with van der Waals surface area (Å²) in [6.07, 6.45) is 1.96. The molecule has 0 aliphatic carbocycles. The van der Waals surface area contributed by atoms with Crippen LogP contribution in [-0.2, 0) is 6.54 Å². The van der Waals surface area contributed by atoms with Gasteiger partial charge in [0.15, 0.2) is 0 Å². The van der Waals surface area contributed by atoms with E-state index in [0.29, 0.717) is 17.1 Å². The normalized spacial score (nSPS) is 10.9. The fourth-order valence-electron chi connectivity index (χ4n) is 1.56. The van der Waals surface area contributed by atoms with E-state index < -0.39 is 0 Å². The van der Waals surface area contributed by atoms with Gasteiger partial charge in [-0.2, -0.15) is 5.10 Å². The Morgan fingerprint density at radius 1 is 1.39 bits per heavy atom. The van der Waals surface area contributed by atoms with Crippen molar-refractivity contribution < 1.29 is 4.39 Å². The van der Waals surface area contributed by atoms with Gasteiger partial charge in [0.25, 0.3) is 0 Å². The van der Waals surface area contributed by atoms with Crippen LogP contribution in [0.2, 0.25) is 0 Å². The summed E-state index contributed by atoms with van der Waals surface area (Å²) in [7, 11) is 0. The van der Waals surface area contributed by atoms with Gasteiger partial charge < -0.3 is 5.32 Å². The van der Waals surface area contributed by atoms with Gasteiger partial charge in [0.1, 0.15) is 5.82 Å². The minimum atomic E-state index is -0.260. The van der Waals surface area contributed by atoms with Gasteiger partial charge >= 0.3 is 0 Å². The molecule has 96 valence electrons. The van der Waals surface area contributed by atoms with Crippen molar-refractivity contribution in [3.8, 4) is 0 Å². The van der Waals surface area contributed by atoms with E-state index in [1.54, 1.807) is 12.1 Å². The lowest BCUT2D eigenvalue weighted by Gasteiger charge is -2.06. The van der Waals surface area contributed by atoms with E-state index in [9.17, 15) is 4.39 Å². The average Bonchev–Trinajstić information content (AvgIpc) is 2.79. The Hall–Kier alpha value is -1.36. The SMILES string of the molecule is CC(C)n1ccc(CNc2ccc(F)c(Br)c2)n1. The molecule has 0 fully saturated rings. The van der Waals surface area contributed by atoms with Crippen molar-refractivity contribution in [2.45, 2.75) is 26.4 Å². The second-order valence-corrected chi connectivity index (χ2v) is 5.22. The molecule has 3 nitrogen and oxygen atoms in total. The predicted octanol–water partition coefficient (Wildman–Crippen LogP) is 3.98. The third kappa shape index (κ3) is 3.10. The fraction of sp³-hybridized carbons (Fsp3) is 0.308. The Morgan fingerprint density at radius 2 is 2.17 bits per heavy atom. The highest BCUT2D eigenvalue weighted by molar-refractivity contribution is 9.10. The Bertz CT molecular complexity index is 537. The largest absolute Gasteiger partial charge is 0.379 e. The summed E-state index contributed by atoms with van der Waals surface area (Å²) in [5.74, 6) is -0.260. The molecule has 0 unspecified atom stereocenters. The highest BCUT2D eigenvalue weighted by atomic mass is 79.9. The maximum atomic E-state index is 13.1. The summed E-state index contributed by atoms with van der Waals surface area (Å²) in [5.41, 5.74) is 1.83. The van der Waals surface area contributed by atoms with Crippen LogP contribution in [0, 0.1) is 5.82 Å². The summed E-state index contributed by atoms with van der Waals surface area (Å²) in [6.45, 7) is 4.79. The van der Waals surface area contributed by atoms with E-state index in [2.05, 4.69) is 40.2 Å². The third-order valence-corrected chi connectivity index (χ3v) is 3.19. The van der Waals surface area contributed by atoms with Crippen LogP contribution in [0.3, 0.4) is 0 Å². The van der Waals surface area contributed by atoms with Gasteiger partial charge in [-0.25, -0.2) is 4.39 Å². The summed E-state index contributed by atoms with van der Waals surface area (Å²) < 4.78 is 15.4. The lowest BCUT2D eigenvalue weighted by Crippen LogP contribution is -2.04. The zero-order valence-corrected chi connectivity index (χ0v) is 11.9. The topological polar surface area (TPSA) is 29.9 Å². The maximum Gasteiger partial charge on any atom is 0.137 e. The van der Waals surface area contributed by atoms with E-state index in [-0.39, 0.29) is 5.82 Å². The highest BCUT2D eigenvalue weighted by Crippen LogP contribution is 2.20. The van der Waals surface area contributed by atoms with E-state index in [1.165, 1.54) is 6.07 Å². The molecule has 0 amide bonds. The summed E-state index contributed by atoms with van der Waals surface area (Å²) >= 11 is 3.16. The molecule has 0 spiro atoms. The molecular formula is C13H15BrFN3. The summed E-state index contributed by atoms with van der Waals surface area (Å²) in [6, 6.07) is 7.19. The fourth-order valence-corrected chi connectivity index (χ4v) is 1.94. The Kier molecular flexibility index (Phi) is 4.01. The van der Waals surface area contributed by atoms with Gasteiger partial charge in [0.2, 0.25) is 0 Å². The lowest BCUT2D eigenvalue weighted by molar-refractivity contribution is 0.527. The summed E-state index contributed by atoms with van der Waals surface area (Å²) in [5, 5.41) is 7.64. The first kappa shape index (κ1) is 13.1. The number of hydrogen-bond donors (Lipinski definition) is 1. The van der Waals surface area contributed by atoms with Crippen molar-refractivity contribution >= 4 is 21.6 Å². The molecule has 0 bridgehead atoms. The van der Waals surface area contributed by atoms with Crippen molar-refractivity contribution in [1.29, 1.82) is 0 Å². The molecule has 0 saturated heterocycles. The minimum absolute atomic E-state index is 0.260. The van der Waals surface area contributed by atoms with E-state index in [4.69, 9.17) is 0 Å². The quantitative estimate of drug-likeness (QED) is 0.925. The monoisotopic (exact) mass is 311 g/mol. The number of nitrogens with one attached hydrogen (secondary N) is 1. The number of aromatic nitrogens is 2. The molecule has 0 aliphatic heterocycles. The van der Waals surface area contributed by atoms with Gasteiger partial charge in [-0.3, -0.25) is 4.68 Å². The van der Waals surface area contributed by atoms with Gasteiger partial charge in [-0.05, 0) is 54.0 Å². The number of rotatable bonds is 4. The maximum absolute atomic E-state index is 13.1. The van der Waals surface area contributed by atoms with Crippen LogP contribution in [0.25, 0.3) is 0 Å². The smallest absolute Gasteiger partial charge is 0.137 e. The summed E-state index contributed by atoms with van der Waals surface area (Å²) in [4.78, 5) is 0.